The van der Waals surface area contributed by atoms with Crippen molar-refractivity contribution in [3.8, 4) is 0 Å². The van der Waals surface area contributed by atoms with E-state index in [0.717, 1.165) is 37.7 Å². The second-order valence-electron chi connectivity index (χ2n) is 6.52. The number of carbonyl (C=O) groups is 1. The van der Waals surface area contributed by atoms with Crippen molar-refractivity contribution in [2.45, 2.75) is 38.5 Å². The first-order valence-corrected chi connectivity index (χ1v) is 9.02. The fourth-order valence-electron chi connectivity index (χ4n) is 3.54. The summed E-state index contributed by atoms with van der Waals surface area (Å²) in [6.45, 7) is 3.12. The lowest BCUT2D eigenvalue weighted by Gasteiger charge is -2.30. The van der Waals surface area contributed by atoms with Crippen molar-refractivity contribution in [1.29, 1.82) is 0 Å². The van der Waals surface area contributed by atoms with E-state index in [0.29, 0.717) is 17.4 Å². The van der Waals surface area contributed by atoms with Crippen LogP contribution in [-0.4, -0.2) is 32.2 Å². The van der Waals surface area contributed by atoms with Crippen molar-refractivity contribution in [3.63, 3.8) is 0 Å². The normalized spacial score (nSPS) is 19.6. The molecule has 1 aliphatic carbocycles. The van der Waals surface area contributed by atoms with Crippen LogP contribution >= 0.6 is 11.6 Å². The number of anilines is 2. The number of ether oxygens (including phenoxy) is 1. The molecule has 4 nitrogen and oxygen atoms in total. The van der Waals surface area contributed by atoms with E-state index < -0.39 is 0 Å². The highest BCUT2D eigenvalue weighted by Gasteiger charge is 2.20. The summed E-state index contributed by atoms with van der Waals surface area (Å²) in [6.07, 6.45) is 6.81. The van der Waals surface area contributed by atoms with Gasteiger partial charge < -0.3 is 15.0 Å². The van der Waals surface area contributed by atoms with E-state index in [4.69, 9.17) is 16.3 Å². The van der Waals surface area contributed by atoms with Gasteiger partial charge in [0.25, 0.3) is 0 Å². The van der Waals surface area contributed by atoms with E-state index in [2.05, 4.69) is 10.2 Å². The third-order valence-corrected chi connectivity index (χ3v) is 5.02. The van der Waals surface area contributed by atoms with Crippen molar-refractivity contribution in [2.24, 2.45) is 5.92 Å². The van der Waals surface area contributed by atoms with Gasteiger partial charge in [0.05, 0.1) is 24.6 Å². The molecule has 1 aromatic carbocycles. The molecule has 5 heteroatoms. The van der Waals surface area contributed by atoms with Gasteiger partial charge in [-0.25, -0.2) is 0 Å². The lowest BCUT2D eigenvalue weighted by atomic mass is 9.87. The zero-order chi connectivity index (χ0) is 16.1. The lowest BCUT2D eigenvalue weighted by molar-refractivity contribution is -0.117. The summed E-state index contributed by atoms with van der Waals surface area (Å²) >= 11 is 6.14. The van der Waals surface area contributed by atoms with E-state index in [1.165, 1.54) is 32.1 Å². The third-order valence-electron chi connectivity index (χ3n) is 4.78. The Morgan fingerprint density at radius 2 is 1.96 bits per heavy atom. The standard InChI is InChI=1S/C18H25ClN2O2/c19-15-6-7-17(21-8-10-23-11-9-21)16(13-15)20-18(22)12-14-4-2-1-3-5-14/h6-7,13-14H,1-5,8-12H2,(H,20,22). The number of benzene rings is 1. The van der Waals surface area contributed by atoms with Gasteiger partial charge in [-0.15, -0.1) is 0 Å². The molecule has 0 aromatic heterocycles. The van der Waals surface area contributed by atoms with Crippen molar-refractivity contribution >= 4 is 28.9 Å². The van der Waals surface area contributed by atoms with Crippen LogP contribution in [0.15, 0.2) is 18.2 Å². The van der Waals surface area contributed by atoms with E-state index >= 15 is 0 Å². The first kappa shape index (κ1) is 16.6. The van der Waals surface area contributed by atoms with E-state index in [9.17, 15) is 4.79 Å². The number of nitrogens with one attached hydrogen (secondary N) is 1. The van der Waals surface area contributed by atoms with Gasteiger partial charge in [0.2, 0.25) is 5.91 Å². The van der Waals surface area contributed by atoms with Crippen LogP contribution in [0.25, 0.3) is 0 Å². The largest absolute Gasteiger partial charge is 0.378 e. The topological polar surface area (TPSA) is 41.6 Å². The Balaban J connectivity index is 1.67. The Bertz CT molecular complexity index is 538. The number of carbonyl (C=O) groups excluding carboxylic acids is 1. The predicted molar refractivity (Wildman–Crippen MR) is 94.3 cm³/mol. The summed E-state index contributed by atoms with van der Waals surface area (Å²) < 4.78 is 5.41. The molecule has 1 amide bonds. The smallest absolute Gasteiger partial charge is 0.224 e. The summed E-state index contributed by atoms with van der Waals surface area (Å²) in [7, 11) is 0. The molecule has 2 fully saturated rings. The highest BCUT2D eigenvalue weighted by molar-refractivity contribution is 6.31. The number of nitrogens with zero attached hydrogens (tertiary/aromatic N) is 1. The van der Waals surface area contributed by atoms with Crippen LogP contribution in [0.3, 0.4) is 0 Å². The molecule has 2 aliphatic rings. The molecule has 0 unspecified atom stereocenters. The van der Waals surface area contributed by atoms with Crippen LogP contribution < -0.4 is 10.2 Å². The lowest BCUT2D eigenvalue weighted by Crippen LogP contribution is -2.36. The Morgan fingerprint density at radius 1 is 1.22 bits per heavy atom. The van der Waals surface area contributed by atoms with Gasteiger partial charge in [-0.3, -0.25) is 4.79 Å². The summed E-state index contributed by atoms with van der Waals surface area (Å²) in [5, 5.41) is 3.74. The number of amides is 1. The summed E-state index contributed by atoms with van der Waals surface area (Å²) in [5.41, 5.74) is 1.86. The zero-order valence-electron chi connectivity index (χ0n) is 13.5. The first-order valence-electron chi connectivity index (χ1n) is 8.64. The van der Waals surface area contributed by atoms with Gasteiger partial charge >= 0.3 is 0 Å². The number of rotatable bonds is 4. The van der Waals surface area contributed by atoms with Crippen molar-refractivity contribution in [2.75, 3.05) is 36.5 Å². The van der Waals surface area contributed by atoms with Crippen LogP contribution in [0.4, 0.5) is 11.4 Å². The monoisotopic (exact) mass is 336 g/mol. The van der Waals surface area contributed by atoms with Crippen molar-refractivity contribution in [1.82, 2.24) is 0 Å². The highest BCUT2D eigenvalue weighted by Crippen LogP contribution is 2.31. The van der Waals surface area contributed by atoms with Crippen LogP contribution in [0.1, 0.15) is 38.5 Å². The summed E-state index contributed by atoms with van der Waals surface area (Å²) in [5.74, 6) is 0.642. The molecule has 3 rings (SSSR count). The highest BCUT2D eigenvalue weighted by atomic mass is 35.5. The zero-order valence-corrected chi connectivity index (χ0v) is 14.3. The molecule has 1 aromatic rings. The Hall–Kier alpha value is -1.26. The molecule has 0 bridgehead atoms. The van der Waals surface area contributed by atoms with Crippen LogP contribution in [0.2, 0.25) is 5.02 Å². The molecular formula is C18H25ClN2O2. The maximum atomic E-state index is 12.4. The van der Waals surface area contributed by atoms with Crippen molar-refractivity contribution in [3.05, 3.63) is 23.2 Å². The van der Waals surface area contributed by atoms with E-state index in [1.807, 2.05) is 18.2 Å². The SMILES string of the molecule is O=C(CC1CCCCC1)Nc1cc(Cl)ccc1N1CCOCC1. The molecule has 0 spiro atoms. The molecule has 1 saturated heterocycles. The summed E-state index contributed by atoms with van der Waals surface area (Å²) in [4.78, 5) is 14.7. The average Bonchev–Trinajstić information content (AvgIpc) is 2.56. The average molecular weight is 337 g/mol. The van der Waals surface area contributed by atoms with Gasteiger partial charge in [0, 0.05) is 24.5 Å². The second-order valence-corrected chi connectivity index (χ2v) is 6.95. The third kappa shape index (κ3) is 4.61. The first-order chi connectivity index (χ1) is 11.2. The Morgan fingerprint density at radius 3 is 2.70 bits per heavy atom. The molecule has 1 N–H and O–H groups in total. The molecule has 1 aliphatic heterocycles. The fraction of sp³-hybridized carbons (Fsp3) is 0.611. The van der Waals surface area contributed by atoms with E-state index in [-0.39, 0.29) is 5.91 Å². The molecule has 23 heavy (non-hydrogen) atoms. The number of halogens is 1. The predicted octanol–water partition coefficient (Wildman–Crippen LogP) is 4.09. The van der Waals surface area contributed by atoms with Gasteiger partial charge in [0.15, 0.2) is 0 Å². The maximum absolute atomic E-state index is 12.4. The number of hydrogen-bond acceptors (Lipinski definition) is 3. The van der Waals surface area contributed by atoms with Crippen LogP contribution in [0, 0.1) is 5.92 Å². The van der Waals surface area contributed by atoms with Crippen molar-refractivity contribution < 1.29 is 9.53 Å². The van der Waals surface area contributed by atoms with Gasteiger partial charge in [-0.2, -0.15) is 0 Å². The molecule has 0 atom stereocenters. The van der Waals surface area contributed by atoms with Gasteiger partial charge in [-0.05, 0) is 37.0 Å². The molecule has 0 radical (unpaired) electrons. The van der Waals surface area contributed by atoms with Crippen LogP contribution in [-0.2, 0) is 9.53 Å². The van der Waals surface area contributed by atoms with Gasteiger partial charge in [0.1, 0.15) is 0 Å². The molecule has 1 heterocycles. The van der Waals surface area contributed by atoms with Crippen LogP contribution in [0.5, 0.6) is 0 Å². The molecular weight excluding hydrogens is 312 g/mol. The Kier molecular flexibility index (Phi) is 5.79. The molecule has 126 valence electrons. The Labute approximate surface area is 143 Å². The minimum absolute atomic E-state index is 0.105. The minimum Gasteiger partial charge on any atom is -0.378 e. The van der Waals surface area contributed by atoms with Gasteiger partial charge in [-0.1, -0.05) is 30.9 Å². The second kappa shape index (κ2) is 8.02. The maximum Gasteiger partial charge on any atom is 0.224 e. The summed E-state index contributed by atoms with van der Waals surface area (Å²) in [6, 6.07) is 5.72. The van der Waals surface area contributed by atoms with E-state index in [1.54, 1.807) is 0 Å². The molecule has 1 saturated carbocycles. The number of morpholine rings is 1. The quantitative estimate of drug-likeness (QED) is 0.900. The minimum atomic E-state index is 0.105. The fourth-order valence-corrected chi connectivity index (χ4v) is 3.72. The number of hydrogen-bond donors (Lipinski definition) is 1.